The van der Waals surface area contributed by atoms with Crippen LogP contribution in [-0.4, -0.2) is 76.9 Å². The monoisotopic (exact) mass is 354 g/mol. The van der Waals surface area contributed by atoms with E-state index in [1.165, 1.54) is 0 Å². The van der Waals surface area contributed by atoms with E-state index in [0.717, 1.165) is 31.9 Å². The Morgan fingerprint density at radius 3 is 1.68 bits per heavy atom. The van der Waals surface area contributed by atoms with Crippen molar-refractivity contribution in [2.75, 3.05) is 38.1 Å². The first-order chi connectivity index (χ1) is 11.4. The molecule has 0 saturated carbocycles. The molecule has 25 heavy (non-hydrogen) atoms. The minimum Gasteiger partial charge on any atom is -0.512 e. The largest absolute Gasteiger partial charge is 0.707 e. The third kappa shape index (κ3) is 7.62. The number of piperazine rings is 1. The van der Waals surface area contributed by atoms with Crippen molar-refractivity contribution in [1.82, 2.24) is 4.90 Å². The topological polar surface area (TPSA) is 96.6 Å². The molecule has 0 bridgehead atoms. The highest BCUT2D eigenvalue weighted by molar-refractivity contribution is 6.33. The summed E-state index contributed by atoms with van der Waals surface area (Å²) in [6.45, 7) is 10.5. The number of hydrogen-bond donors (Lipinski definition) is 4. The molecular weight excluding hydrogens is 323 g/mol. The number of nitrogens with zero attached hydrogens (tertiary/aromatic N) is 2. The average molecular weight is 354 g/mol. The van der Waals surface area contributed by atoms with Gasteiger partial charge in [0.15, 0.2) is 0 Å². The second-order valence-electron chi connectivity index (χ2n) is 7.35. The lowest BCUT2D eigenvalue weighted by Crippen LogP contribution is -2.44. The smallest absolute Gasteiger partial charge is 0.512 e. The molecule has 0 unspecified atom stereocenters. The lowest BCUT2D eigenvalue weighted by atomic mass is 9.90. The number of benzene rings is 1. The van der Waals surface area contributed by atoms with Gasteiger partial charge in [-0.25, -0.2) is 0 Å². The van der Waals surface area contributed by atoms with Crippen LogP contribution < -0.4 is 9.55 Å². The molecule has 0 radical (unpaired) electrons. The molecule has 0 aliphatic carbocycles. The molecule has 1 aliphatic rings. The maximum absolute atomic E-state index is 9.10. The molecule has 1 aromatic carbocycles. The van der Waals surface area contributed by atoms with E-state index < -0.39 is 18.5 Å². The Labute approximate surface area is 150 Å². The van der Waals surface area contributed by atoms with Crippen LogP contribution in [0.1, 0.15) is 27.7 Å². The van der Waals surface area contributed by atoms with Crippen molar-refractivity contribution < 1.29 is 24.9 Å². The predicted octanol–water partition coefficient (Wildman–Crippen LogP) is 0.315. The molecule has 1 saturated heterocycles. The number of rotatable bonds is 4. The van der Waals surface area contributed by atoms with E-state index in [1.807, 2.05) is 12.1 Å². The minimum atomic E-state index is -1.76. The lowest BCUT2D eigenvalue weighted by Gasteiger charge is -2.34. The fraction of sp³-hybridized carbons (Fsp3) is 0.647. The SMILES string of the molecule is CC(C)(O)C(C)(C)O.CN1CCN(c2ccc(OB(O)O)cc2)CC1. The summed E-state index contributed by atoms with van der Waals surface area (Å²) in [5.41, 5.74) is -0.877. The highest BCUT2D eigenvalue weighted by Crippen LogP contribution is 2.21. The van der Waals surface area contributed by atoms with Crippen LogP contribution in [-0.2, 0) is 0 Å². The Kier molecular flexibility index (Phi) is 7.71. The number of aliphatic hydroxyl groups is 2. The highest BCUT2D eigenvalue weighted by atomic mass is 16.6. The number of anilines is 1. The molecule has 1 heterocycles. The van der Waals surface area contributed by atoms with Crippen LogP contribution in [0.25, 0.3) is 0 Å². The third-order valence-electron chi connectivity index (χ3n) is 4.44. The summed E-state index contributed by atoms with van der Waals surface area (Å²) < 4.78 is 4.76. The first-order valence-corrected chi connectivity index (χ1v) is 8.41. The van der Waals surface area contributed by atoms with Gasteiger partial charge in [0, 0.05) is 31.9 Å². The quantitative estimate of drug-likeness (QED) is 0.578. The molecule has 0 aromatic heterocycles. The molecule has 2 rings (SSSR count). The van der Waals surface area contributed by atoms with Gasteiger partial charge in [0.1, 0.15) is 5.75 Å². The number of likely N-dealkylation sites (N-methyl/N-ethyl adjacent to an activating group) is 1. The Morgan fingerprint density at radius 1 is 0.880 bits per heavy atom. The fourth-order valence-corrected chi connectivity index (χ4v) is 1.92. The Morgan fingerprint density at radius 2 is 1.32 bits per heavy atom. The van der Waals surface area contributed by atoms with Crippen molar-refractivity contribution in [2.24, 2.45) is 0 Å². The van der Waals surface area contributed by atoms with Crippen molar-refractivity contribution in [2.45, 2.75) is 38.9 Å². The van der Waals surface area contributed by atoms with Crippen LogP contribution in [0, 0.1) is 0 Å². The molecule has 1 aliphatic heterocycles. The second-order valence-corrected chi connectivity index (χ2v) is 7.35. The number of hydrogen-bond acceptors (Lipinski definition) is 7. The van der Waals surface area contributed by atoms with Crippen molar-refractivity contribution in [1.29, 1.82) is 0 Å². The summed E-state index contributed by atoms with van der Waals surface area (Å²) in [5.74, 6) is 0.456. The molecular formula is C17H31BN2O5. The zero-order valence-corrected chi connectivity index (χ0v) is 15.8. The summed E-state index contributed by atoms with van der Waals surface area (Å²) in [4.78, 5) is 4.61. The van der Waals surface area contributed by atoms with Crippen LogP contribution in [0.2, 0.25) is 0 Å². The lowest BCUT2D eigenvalue weighted by molar-refractivity contribution is -0.107. The Hall–Kier alpha value is -1.32. The van der Waals surface area contributed by atoms with Gasteiger partial charge in [-0.3, -0.25) is 0 Å². The summed E-state index contributed by atoms with van der Waals surface area (Å²) in [5, 5.41) is 35.5. The van der Waals surface area contributed by atoms with Gasteiger partial charge in [0.05, 0.1) is 11.2 Å². The molecule has 0 atom stereocenters. The molecule has 7 nitrogen and oxygen atoms in total. The standard InChI is InChI=1S/C11H17BN2O3.C6H14O2/c1-13-6-8-14(9-7-13)10-2-4-11(5-3-10)17-12(15)16;1-5(2,7)6(3,4)8/h2-5,15-16H,6-9H2,1H3;7-8H,1-4H3. The summed E-state index contributed by atoms with van der Waals surface area (Å²) in [7, 11) is 0.362. The van der Waals surface area contributed by atoms with Gasteiger partial charge in [0.2, 0.25) is 0 Å². The van der Waals surface area contributed by atoms with Gasteiger partial charge in [-0.15, -0.1) is 0 Å². The third-order valence-corrected chi connectivity index (χ3v) is 4.44. The highest BCUT2D eigenvalue weighted by Gasteiger charge is 2.31. The Balaban J connectivity index is 0.000000333. The van der Waals surface area contributed by atoms with Gasteiger partial charge < -0.3 is 34.7 Å². The molecule has 0 spiro atoms. The zero-order chi connectivity index (χ0) is 19.3. The van der Waals surface area contributed by atoms with E-state index in [9.17, 15) is 0 Å². The maximum Gasteiger partial charge on any atom is 0.707 e. The van der Waals surface area contributed by atoms with Crippen molar-refractivity contribution >= 4 is 13.0 Å². The second kappa shape index (κ2) is 8.87. The van der Waals surface area contributed by atoms with Crippen molar-refractivity contribution in [3.05, 3.63) is 24.3 Å². The van der Waals surface area contributed by atoms with E-state index in [0.29, 0.717) is 5.75 Å². The first kappa shape index (κ1) is 21.7. The minimum absolute atomic E-state index is 0.456. The van der Waals surface area contributed by atoms with Crippen LogP contribution in [0.3, 0.4) is 0 Å². The zero-order valence-electron chi connectivity index (χ0n) is 15.8. The van der Waals surface area contributed by atoms with Gasteiger partial charge in [-0.05, 0) is 59.0 Å². The maximum atomic E-state index is 9.10. The van der Waals surface area contributed by atoms with Gasteiger partial charge >= 0.3 is 7.32 Å². The van der Waals surface area contributed by atoms with Gasteiger partial charge in [-0.2, -0.15) is 0 Å². The van der Waals surface area contributed by atoms with Gasteiger partial charge in [0.25, 0.3) is 0 Å². The molecule has 1 fully saturated rings. The van der Waals surface area contributed by atoms with Crippen LogP contribution >= 0.6 is 0 Å². The van der Waals surface area contributed by atoms with E-state index >= 15 is 0 Å². The fourth-order valence-electron chi connectivity index (χ4n) is 1.92. The van der Waals surface area contributed by atoms with Crippen LogP contribution in [0.15, 0.2) is 24.3 Å². The van der Waals surface area contributed by atoms with E-state index in [1.54, 1.807) is 39.8 Å². The molecule has 1 aromatic rings. The van der Waals surface area contributed by atoms with E-state index in [4.69, 9.17) is 24.9 Å². The average Bonchev–Trinajstić information content (AvgIpc) is 2.47. The normalized spacial score (nSPS) is 16.1. The summed E-state index contributed by atoms with van der Waals surface area (Å²) >= 11 is 0. The molecule has 0 amide bonds. The first-order valence-electron chi connectivity index (χ1n) is 8.41. The summed E-state index contributed by atoms with van der Waals surface area (Å²) in [6.07, 6.45) is 0. The van der Waals surface area contributed by atoms with Crippen LogP contribution in [0.5, 0.6) is 5.75 Å². The molecule has 4 N–H and O–H groups in total. The van der Waals surface area contributed by atoms with Gasteiger partial charge in [-0.1, -0.05) is 0 Å². The van der Waals surface area contributed by atoms with Crippen molar-refractivity contribution in [3.63, 3.8) is 0 Å². The van der Waals surface area contributed by atoms with Crippen LogP contribution in [0.4, 0.5) is 5.69 Å². The molecule has 8 heteroatoms. The summed E-state index contributed by atoms with van der Waals surface area (Å²) in [6, 6.07) is 7.35. The molecule has 142 valence electrons. The predicted molar refractivity (Wildman–Crippen MR) is 99.6 cm³/mol. The van der Waals surface area contributed by atoms with E-state index in [-0.39, 0.29) is 0 Å². The Bertz CT molecular complexity index is 491. The van der Waals surface area contributed by atoms with Crippen molar-refractivity contribution in [3.8, 4) is 5.75 Å². The van der Waals surface area contributed by atoms with E-state index in [2.05, 4.69) is 16.8 Å².